The Morgan fingerprint density at radius 2 is 2.40 bits per heavy atom. The van der Waals surface area contributed by atoms with E-state index in [4.69, 9.17) is 0 Å². The summed E-state index contributed by atoms with van der Waals surface area (Å²) in [5.41, 5.74) is 1.19. The zero-order valence-electron chi connectivity index (χ0n) is 8.34. The predicted molar refractivity (Wildman–Crippen MR) is 61.8 cm³/mol. The van der Waals surface area contributed by atoms with Crippen LogP contribution in [0.25, 0.3) is 6.08 Å². The molecular formula is C11H11NO2S. The molecule has 0 aliphatic carbocycles. The van der Waals surface area contributed by atoms with Gasteiger partial charge in [0.1, 0.15) is 0 Å². The topological polar surface area (TPSA) is 47.0 Å². The van der Waals surface area contributed by atoms with Crippen LogP contribution in [0.1, 0.15) is 23.0 Å². The number of hydrogen-bond donors (Lipinski definition) is 0. The third kappa shape index (κ3) is 4.08. The zero-order valence-corrected chi connectivity index (χ0v) is 9.16. The first-order chi connectivity index (χ1) is 7.24. The molecule has 1 aromatic heterocycles. The monoisotopic (exact) mass is 221 g/mol. The van der Waals surface area contributed by atoms with Crippen molar-refractivity contribution < 1.29 is 9.59 Å². The molecule has 0 spiro atoms. The Kier molecular flexibility index (Phi) is 4.77. The van der Waals surface area contributed by atoms with Crippen molar-refractivity contribution in [3.63, 3.8) is 0 Å². The molecule has 0 aliphatic rings. The molecule has 0 aromatic carbocycles. The Morgan fingerprint density at radius 1 is 1.60 bits per heavy atom. The summed E-state index contributed by atoms with van der Waals surface area (Å²) in [4.78, 5) is 25.3. The zero-order chi connectivity index (χ0) is 11.1. The number of nitrogens with zero attached hydrogens (tertiary/aromatic N) is 1. The van der Waals surface area contributed by atoms with Crippen LogP contribution in [-0.2, 0) is 4.79 Å². The maximum Gasteiger partial charge on any atom is 0.186 e. The summed E-state index contributed by atoms with van der Waals surface area (Å²) in [5.74, 6) is 0.601. The highest BCUT2D eigenvalue weighted by atomic mass is 32.2. The number of pyridine rings is 1. The lowest BCUT2D eigenvalue weighted by atomic mass is 10.2. The summed E-state index contributed by atoms with van der Waals surface area (Å²) in [6, 6.07) is 3.42. The van der Waals surface area contributed by atoms with Gasteiger partial charge >= 0.3 is 0 Å². The molecule has 0 aliphatic heterocycles. The first-order valence-electron chi connectivity index (χ1n) is 4.44. The Bertz CT molecular complexity index is 388. The van der Waals surface area contributed by atoms with Crippen molar-refractivity contribution in [2.45, 2.75) is 6.92 Å². The highest BCUT2D eigenvalue weighted by molar-refractivity contribution is 8.13. The fourth-order valence-corrected chi connectivity index (χ4v) is 1.42. The summed E-state index contributed by atoms with van der Waals surface area (Å²) in [7, 11) is 0. The predicted octanol–water partition coefficient (Wildman–Crippen LogP) is 2.19. The second kappa shape index (κ2) is 6.14. The van der Waals surface area contributed by atoms with Crippen molar-refractivity contribution in [3.8, 4) is 0 Å². The van der Waals surface area contributed by atoms with Crippen molar-refractivity contribution in [1.82, 2.24) is 4.98 Å². The number of thioether (sulfide) groups is 1. The van der Waals surface area contributed by atoms with Gasteiger partial charge in [0.2, 0.25) is 0 Å². The molecule has 0 unspecified atom stereocenters. The van der Waals surface area contributed by atoms with Crippen LogP contribution in [0, 0.1) is 0 Å². The Morgan fingerprint density at radius 3 is 3.07 bits per heavy atom. The Labute approximate surface area is 92.6 Å². The third-order valence-corrected chi connectivity index (χ3v) is 2.42. The number of aromatic nitrogens is 1. The van der Waals surface area contributed by atoms with Gasteiger partial charge in [-0.15, -0.1) is 0 Å². The van der Waals surface area contributed by atoms with Crippen molar-refractivity contribution >= 4 is 29.2 Å². The van der Waals surface area contributed by atoms with Crippen LogP contribution < -0.4 is 0 Å². The number of hydrogen-bond acceptors (Lipinski definition) is 4. The van der Waals surface area contributed by atoms with E-state index < -0.39 is 0 Å². The molecule has 0 saturated heterocycles. The maximum atomic E-state index is 10.6. The van der Waals surface area contributed by atoms with Crippen LogP contribution in [0.15, 0.2) is 24.4 Å². The fourth-order valence-electron chi connectivity index (χ4n) is 0.994. The molecule has 15 heavy (non-hydrogen) atoms. The van der Waals surface area contributed by atoms with Crippen LogP contribution in [0.2, 0.25) is 0 Å². The van der Waals surface area contributed by atoms with E-state index in [0.29, 0.717) is 17.0 Å². The molecule has 0 atom stereocenters. The van der Waals surface area contributed by atoms with Gasteiger partial charge in [-0.25, -0.2) is 0 Å². The lowest BCUT2D eigenvalue weighted by molar-refractivity contribution is -0.109. The minimum absolute atomic E-state index is 0.0799. The van der Waals surface area contributed by atoms with Gasteiger partial charge in [-0.1, -0.05) is 17.8 Å². The van der Waals surface area contributed by atoms with E-state index in [0.717, 1.165) is 6.29 Å². The van der Waals surface area contributed by atoms with Crippen molar-refractivity contribution in [1.29, 1.82) is 0 Å². The summed E-state index contributed by atoms with van der Waals surface area (Å²) in [6.07, 6.45) is 5.97. The van der Waals surface area contributed by atoms with Gasteiger partial charge < -0.3 is 0 Å². The maximum absolute atomic E-state index is 10.6. The number of aldehydes is 1. The highest BCUT2D eigenvalue weighted by Crippen LogP contribution is 2.07. The van der Waals surface area contributed by atoms with Crippen molar-refractivity contribution in [2.75, 3.05) is 5.75 Å². The van der Waals surface area contributed by atoms with E-state index in [1.807, 2.05) is 6.08 Å². The average Bonchev–Trinajstić information content (AvgIpc) is 2.24. The number of carbonyl (C=O) groups is 2. The molecule has 0 amide bonds. The van der Waals surface area contributed by atoms with E-state index in [9.17, 15) is 9.59 Å². The molecule has 1 aromatic rings. The fraction of sp³-hybridized carbons (Fsp3) is 0.182. The van der Waals surface area contributed by atoms with Crippen LogP contribution >= 0.6 is 11.8 Å². The molecule has 4 heteroatoms. The first-order valence-corrected chi connectivity index (χ1v) is 5.42. The Balaban J connectivity index is 2.63. The quantitative estimate of drug-likeness (QED) is 0.731. The van der Waals surface area contributed by atoms with E-state index in [2.05, 4.69) is 4.98 Å². The molecule has 1 rings (SSSR count). The molecule has 0 radical (unpaired) electrons. The highest BCUT2D eigenvalue weighted by Gasteiger charge is 1.97. The molecule has 0 saturated carbocycles. The van der Waals surface area contributed by atoms with Crippen LogP contribution in [-0.4, -0.2) is 22.1 Å². The SMILES string of the molecule is CC(=O)SCC=Cc1ncccc1C=O. The smallest absolute Gasteiger partial charge is 0.186 e. The molecule has 78 valence electrons. The van der Waals surface area contributed by atoms with Crippen LogP contribution in [0.4, 0.5) is 0 Å². The van der Waals surface area contributed by atoms with Gasteiger partial charge in [0.05, 0.1) is 5.69 Å². The minimum atomic E-state index is 0.0799. The second-order valence-corrected chi connectivity index (χ2v) is 4.00. The lowest BCUT2D eigenvalue weighted by Gasteiger charge is -1.95. The Hall–Kier alpha value is -1.42. The van der Waals surface area contributed by atoms with Gasteiger partial charge in [-0.05, 0) is 18.2 Å². The van der Waals surface area contributed by atoms with E-state index >= 15 is 0 Å². The van der Waals surface area contributed by atoms with Gasteiger partial charge in [0.15, 0.2) is 11.4 Å². The van der Waals surface area contributed by atoms with E-state index in [1.165, 1.54) is 18.7 Å². The minimum Gasteiger partial charge on any atom is -0.298 e. The van der Waals surface area contributed by atoms with Crippen LogP contribution in [0.3, 0.4) is 0 Å². The summed E-state index contributed by atoms with van der Waals surface area (Å²) >= 11 is 1.22. The number of rotatable bonds is 4. The first kappa shape index (κ1) is 11.7. The third-order valence-electron chi connectivity index (χ3n) is 1.66. The molecule has 0 fully saturated rings. The van der Waals surface area contributed by atoms with Gasteiger partial charge in [0, 0.05) is 24.4 Å². The molecular weight excluding hydrogens is 210 g/mol. The average molecular weight is 221 g/mol. The summed E-state index contributed by atoms with van der Waals surface area (Å²) in [6.45, 7) is 1.52. The molecule has 1 heterocycles. The lowest BCUT2D eigenvalue weighted by Crippen LogP contribution is -1.89. The molecule has 0 bridgehead atoms. The largest absolute Gasteiger partial charge is 0.298 e. The van der Waals surface area contributed by atoms with Gasteiger partial charge in [0.25, 0.3) is 0 Å². The van der Waals surface area contributed by atoms with E-state index in [-0.39, 0.29) is 5.12 Å². The molecule has 3 nitrogen and oxygen atoms in total. The summed E-state index contributed by atoms with van der Waals surface area (Å²) < 4.78 is 0. The summed E-state index contributed by atoms with van der Waals surface area (Å²) in [5, 5.41) is 0.0799. The van der Waals surface area contributed by atoms with Gasteiger partial charge in [-0.2, -0.15) is 0 Å². The van der Waals surface area contributed by atoms with E-state index in [1.54, 1.807) is 24.4 Å². The van der Waals surface area contributed by atoms with Crippen LogP contribution in [0.5, 0.6) is 0 Å². The van der Waals surface area contributed by atoms with Gasteiger partial charge in [-0.3, -0.25) is 14.6 Å². The number of carbonyl (C=O) groups excluding carboxylic acids is 2. The normalized spacial score (nSPS) is 10.5. The second-order valence-electron chi connectivity index (χ2n) is 2.80. The van der Waals surface area contributed by atoms with Crippen molar-refractivity contribution in [3.05, 3.63) is 35.7 Å². The molecule has 0 N–H and O–H groups in total. The standard InChI is InChI=1S/C11H11NO2S/c1-9(14)15-7-3-5-11-10(8-13)4-2-6-12-11/h2-6,8H,7H2,1H3. The van der Waals surface area contributed by atoms with Crippen molar-refractivity contribution in [2.24, 2.45) is 0 Å².